The van der Waals surface area contributed by atoms with Crippen LogP contribution in [0.3, 0.4) is 0 Å². The van der Waals surface area contributed by atoms with Gasteiger partial charge in [0.1, 0.15) is 5.75 Å². The summed E-state index contributed by atoms with van der Waals surface area (Å²) in [5, 5.41) is 3.84. The molecule has 1 N–H and O–H groups in total. The number of carbonyl (C=O) groups is 1. The molecule has 0 aliphatic heterocycles. The molecule has 0 bridgehead atoms. The van der Waals surface area contributed by atoms with E-state index in [0.29, 0.717) is 19.4 Å². The van der Waals surface area contributed by atoms with Crippen LogP contribution in [0.2, 0.25) is 5.02 Å². The minimum Gasteiger partial charge on any atom is -0.492 e. The summed E-state index contributed by atoms with van der Waals surface area (Å²) in [6, 6.07) is 8.11. The first-order valence-electron chi connectivity index (χ1n) is 9.37. The van der Waals surface area contributed by atoms with E-state index >= 15 is 0 Å². The summed E-state index contributed by atoms with van der Waals surface area (Å²) in [6.45, 7) is 8.59. The maximum Gasteiger partial charge on any atom is 0.224 e. The van der Waals surface area contributed by atoms with Gasteiger partial charge in [-0.1, -0.05) is 43.6 Å². The second-order valence-corrected chi connectivity index (χ2v) is 7.77. The number of anilines is 1. The number of carbonyl (C=O) groups excluding carboxylic acids is 1. The average molecular weight is 453 g/mol. The largest absolute Gasteiger partial charge is 0.492 e. The van der Waals surface area contributed by atoms with Crippen LogP contribution in [-0.2, 0) is 17.6 Å². The van der Waals surface area contributed by atoms with Crippen LogP contribution >= 0.6 is 27.5 Å². The number of nitrogens with one attached hydrogen (secondary N) is 1. The molecular formula is C22H27BrClNO2. The molecule has 2 aromatic carbocycles. The van der Waals surface area contributed by atoms with E-state index in [1.165, 1.54) is 11.1 Å². The van der Waals surface area contributed by atoms with Crippen LogP contribution < -0.4 is 10.1 Å². The van der Waals surface area contributed by atoms with E-state index in [2.05, 4.69) is 53.3 Å². The summed E-state index contributed by atoms with van der Waals surface area (Å²) in [5.41, 5.74) is 5.27. The number of para-hydroxylation sites is 1. The minimum absolute atomic E-state index is 0.0248. The molecule has 0 heterocycles. The van der Waals surface area contributed by atoms with Gasteiger partial charge in [0.2, 0.25) is 5.91 Å². The van der Waals surface area contributed by atoms with Crippen molar-refractivity contribution in [3.8, 4) is 5.75 Å². The van der Waals surface area contributed by atoms with Gasteiger partial charge in [0.05, 0.1) is 11.1 Å². The fourth-order valence-corrected chi connectivity index (χ4v) is 3.72. The molecule has 3 nitrogen and oxygen atoms in total. The average Bonchev–Trinajstić information content (AvgIpc) is 2.67. The molecule has 0 aliphatic rings. The third-order valence-electron chi connectivity index (χ3n) is 4.64. The third kappa shape index (κ3) is 5.49. The number of aryl methyl sites for hydroxylation is 3. The van der Waals surface area contributed by atoms with Crippen molar-refractivity contribution >= 4 is 39.1 Å². The Morgan fingerprint density at radius 2 is 1.81 bits per heavy atom. The minimum atomic E-state index is 0.0248. The molecule has 0 aliphatic carbocycles. The van der Waals surface area contributed by atoms with Crippen molar-refractivity contribution in [1.29, 1.82) is 0 Å². The van der Waals surface area contributed by atoms with Crippen molar-refractivity contribution in [1.82, 2.24) is 0 Å². The molecule has 5 heteroatoms. The molecule has 1 amide bonds. The molecule has 0 atom stereocenters. The number of hydrogen-bond donors (Lipinski definition) is 1. The SMILES string of the molecule is CCc1cccc(CC)c1NC(=O)CCCOc1cc(C)c(Cl)c(C)c1Br. The monoisotopic (exact) mass is 451 g/mol. The second-order valence-electron chi connectivity index (χ2n) is 6.60. The van der Waals surface area contributed by atoms with E-state index in [1.807, 2.05) is 19.9 Å². The fourth-order valence-electron chi connectivity index (χ4n) is 3.03. The van der Waals surface area contributed by atoms with Crippen molar-refractivity contribution in [2.24, 2.45) is 0 Å². The first kappa shape index (κ1) is 21.8. The van der Waals surface area contributed by atoms with Crippen molar-refractivity contribution in [2.45, 2.75) is 53.4 Å². The predicted octanol–water partition coefficient (Wildman–Crippen LogP) is 6.64. The van der Waals surface area contributed by atoms with Crippen LogP contribution in [0.15, 0.2) is 28.7 Å². The van der Waals surface area contributed by atoms with Crippen LogP contribution in [0, 0.1) is 13.8 Å². The Labute approximate surface area is 175 Å². The summed E-state index contributed by atoms with van der Waals surface area (Å²) in [4.78, 5) is 12.4. The standard InChI is InChI=1S/C22H27BrClNO2/c1-5-16-9-7-10-17(6-2)22(16)25-19(26)11-8-12-27-18-13-14(3)21(24)15(4)20(18)23/h7,9-10,13H,5-6,8,11-12H2,1-4H3,(H,25,26). The second kappa shape index (κ2) is 10.1. The van der Waals surface area contributed by atoms with Gasteiger partial charge >= 0.3 is 0 Å². The number of amides is 1. The Balaban J connectivity index is 1.91. The van der Waals surface area contributed by atoms with E-state index in [0.717, 1.165) is 44.9 Å². The van der Waals surface area contributed by atoms with Crippen LogP contribution in [-0.4, -0.2) is 12.5 Å². The topological polar surface area (TPSA) is 38.3 Å². The van der Waals surface area contributed by atoms with E-state index in [-0.39, 0.29) is 5.91 Å². The van der Waals surface area contributed by atoms with Crippen molar-refractivity contribution in [3.63, 3.8) is 0 Å². The number of benzene rings is 2. The summed E-state index contributed by atoms with van der Waals surface area (Å²) in [7, 11) is 0. The number of halogens is 2. The lowest BCUT2D eigenvalue weighted by molar-refractivity contribution is -0.116. The summed E-state index contributed by atoms with van der Waals surface area (Å²) >= 11 is 9.78. The molecule has 0 radical (unpaired) electrons. The number of ether oxygens (including phenoxy) is 1. The molecule has 0 fully saturated rings. The lowest BCUT2D eigenvalue weighted by Gasteiger charge is -2.15. The molecule has 146 valence electrons. The van der Waals surface area contributed by atoms with Crippen LogP contribution in [0.5, 0.6) is 5.75 Å². The molecule has 2 aromatic rings. The molecule has 0 saturated carbocycles. The lowest BCUT2D eigenvalue weighted by atomic mass is 10.0. The van der Waals surface area contributed by atoms with Crippen molar-refractivity contribution in [2.75, 3.05) is 11.9 Å². The molecule has 27 heavy (non-hydrogen) atoms. The molecule has 0 unspecified atom stereocenters. The van der Waals surface area contributed by atoms with Gasteiger partial charge in [-0.05, 0) is 77.4 Å². The van der Waals surface area contributed by atoms with Gasteiger partial charge in [0, 0.05) is 17.1 Å². The van der Waals surface area contributed by atoms with Crippen LogP contribution in [0.25, 0.3) is 0 Å². The quantitative estimate of drug-likeness (QED) is 0.456. The number of rotatable bonds is 8. The van der Waals surface area contributed by atoms with Gasteiger partial charge in [-0.3, -0.25) is 4.79 Å². The summed E-state index contributed by atoms with van der Waals surface area (Å²) in [5.74, 6) is 0.788. The van der Waals surface area contributed by atoms with Gasteiger partial charge in [0.15, 0.2) is 0 Å². The van der Waals surface area contributed by atoms with Crippen LogP contribution in [0.4, 0.5) is 5.69 Å². The molecule has 0 aromatic heterocycles. The van der Waals surface area contributed by atoms with Crippen molar-refractivity contribution < 1.29 is 9.53 Å². The maximum atomic E-state index is 12.4. The Kier molecular flexibility index (Phi) is 8.18. The van der Waals surface area contributed by atoms with E-state index in [4.69, 9.17) is 16.3 Å². The Bertz CT molecular complexity index is 798. The highest BCUT2D eigenvalue weighted by Crippen LogP contribution is 2.35. The molecule has 0 spiro atoms. The highest BCUT2D eigenvalue weighted by molar-refractivity contribution is 9.10. The third-order valence-corrected chi connectivity index (χ3v) is 6.20. The summed E-state index contributed by atoms with van der Waals surface area (Å²) in [6.07, 6.45) is 2.87. The Morgan fingerprint density at radius 1 is 1.19 bits per heavy atom. The molecular weight excluding hydrogens is 426 g/mol. The van der Waals surface area contributed by atoms with E-state index in [1.54, 1.807) is 0 Å². The molecule has 2 rings (SSSR count). The fraction of sp³-hybridized carbons (Fsp3) is 0.409. The Hall–Kier alpha value is -1.52. The van der Waals surface area contributed by atoms with Gasteiger partial charge in [0.25, 0.3) is 0 Å². The lowest BCUT2D eigenvalue weighted by Crippen LogP contribution is -2.15. The van der Waals surface area contributed by atoms with E-state index < -0.39 is 0 Å². The van der Waals surface area contributed by atoms with Crippen molar-refractivity contribution in [3.05, 3.63) is 56.0 Å². The zero-order chi connectivity index (χ0) is 20.0. The predicted molar refractivity (Wildman–Crippen MR) is 117 cm³/mol. The van der Waals surface area contributed by atoms with Gasteiger partial charge in [-0.15, -0.1) is 0 Å². The smallest absolute Gasteiger partial charge is 0.224 e. The zero-order valence-electron chi connectivity index (χ0n) is 16.4. The van der Waals surface area contributed by atoms with Gasteiger partial charge < -0.3 is 10.1 Å². The molecule has 0 saturated heterocycles. The van der Waals surface area contributed by atoms with Crippen LogP contribution in [0.1, 0.15) is 48.9 Å². The normalized spacial score (nSPS) is 10.7. The maximum absolute atomic E-state index is 12.4. The Morgan fingerprint density at radius 3 is 2.41 bits per heavy atom. The van der Waals surface area contributed by atoms with E-state index in [9.17, 15) is 4.79 Å². The number of hydrogen-bond acceptors (Lipinski definition) is 2. The van der Waals surface area contributed by atoms with Gasteiger partial charge in [-0.25, -0.2) is 0 Å². The zero-order valence-corrected chi connectivity index (χ0v) is 18.8. The highest BCUT2D eigenvalue weighted by Gasteiger charge is 2.12. The first-order chi connectivity index (χ1) is 12.9. The van der Waals surface area contributed by atoms with Gasteiger partial charge in [-0.2, -0.15) is 0 Å². The first-order valence-corrected chi connectivity index (χ1v) is 10.5. The highest BCUT2D eigenvalue weighted by atomic mass is 79.9. The summed E-state index contributed by atoms with van der Waals surface area (Å²) < 4.78 is 6.73.